The van der Waals surface area contributed by atoms with E-state index in [4.69, 9.17) is 0 Å². The maximum absolute atomic E-state index is 2.66. The van der Waals surface area contributed by atoms with Gasteiger partial charge in [0, 0.05) is 35.6 Å². The van der Waals surface area contributed by atoms with E-state index in [1.54, 1.807) is 22.5 Å². The summed E-state index contributed by atoms with van der Waals surface area (Å²) in [5.41, 5.74) is 6.48. The van der Waals surface area contributed by atoms with Crippen molar-refractivity contribution in [2.75, 3.05) is 6.67 Å². The number of allylic oxidation sites excluding steroid dienone is 8. The van der Waals surface area contributed by atoms with Gasteiger partial charge in [0.05, 0.1) is 6.67 Å². The quantitative estimate of drug-likeness (QED) is 0.252. The van der Waals surface area contributed by atoms with Gasteiger partial charge < -0.3 is 9.80 Å². The minimum Gasteiger partial charge on any atom is -0.331 e. The van der Waals surface area contributed by atoms with E-state index < -0.39 is 0 Å². The number of hydrogen-bond donors (Lipinski definition) is 0. The summed E-state index contributed by atoms with van der Waals surface area (Å²) in [6.45, 7) is 20.1. The zero-order chi connectivity index (χ0) is 26.2. The first-order valence-electron chi connectivity index (χ1n) is 15.5. The molecule has 0 saturated heterocycles. The molecule has 0 aromatic carbocycles. The standard InChI is InChI=1S/C34H56N2/c1-9-25(8)29-18-16-19-30(26(10-2)11-3)33(29)35-22-23-36(24-35)34-31(27(12-4)13-5)20-17-21-32(34)28(14-6)15-7/h16-17,19-20,22-23,25-29,32H,9-15,18,21,24H2,1-8H3/t25?,29-,32-/m1/s1. The van der Waals surface area contributed by atoms with Gasteiger partial charge >= 0.3 is 0 Å². The Morgan fingerprint density at radius 2 is 1.08 bits per heavy atom. The molecule has 0 fully saturated rings. The van der Waals surface area contributed by atoms with Crippen LogP contribution in [0.25, 0.3) is 0 Å². The van der Waals surface area contributed by atoms with Crippen LogP contribution in [0.1, 0.15) is 113 Å². The molecule has 0 spiro atoms. The van der Waals surface area contributed by atoms with E-state index in [2.05, 4.69) is 102 Å². The van der Waals surface area contributed by atoms with Crippen molar-refractivity contribution in [3.63, 3.8) is 0 Å². The Kier molecular flexibility index (Phi) is 11.0. The zero-order valence-electron chi connectivity index (χ0n) is 24.9. The van der Waals surface area contributed by atoms with Crippen LogP contribution in [0.4, 0.5) is 0 Å². The SMILES string of the molecule is CCC(CC)C1=C(N2C=CN(C3=C(C(CC)CC)C=CC[C@@H]3C(CC)CC)C2)[C@@H](C(C)CC)CC=C1. The molecule has 0 saturated carbocycles. The molecule has 3 atom stereocenters. The van der Waals surface area contributed by atoms with Crippen LogP contribution < -0.4 is 0 Å². The average Bonchev–Trinajstić information content (AvgIpc) is 3.40. The second kappa shape index (κ2) is 13.7. The fourth-order valence-corrected chi connectivity index (χ4v) is 7.20. The Balaban J connectivity index is 2.05. The van der Waals surface area contributed by atoms with Gasteiger partial charge in [0.15, 0.2) is 0 Å². The van der Waals surface area contributed by atoms with Crippen LogP contribution in [-0.2, 0) is 0 Å². The monoisotopic (exact) mass is 492 g/mol. The van der Waals surface area contributed by atoms with E-state index in [0.29, 0.717) is 29.6 Å². The Labute approximate surface area is 224 Å². The van der Waals surface area contributed by atoms with E-state index in [9.17, 15) is 0 Å². The maximum Gasteiger partial charge on any atom is 0.0983 e. The molecule has 0 aromatic rings. The molecular weight excluding hydrogens is 436 g/mol. The molecule has 2 heteroatoms. The second-order valence-electron chi connectivity index (χ2n) is 11.5. The molecule has 36 heavy (non-hydrogen) atoms. The summed E-state index contributed by atoms with van der Waals surface area (Å²) >= 11 is 0. The lowest BCUT2D eigenvalue weighted by molar-refractivity contribution is 0.235. The first-order chi connectivity index (χ1) is 17.5. The van der Waals surface area contributed by atoms with Gasteiger partial charge in [0.2, 0.25) is 0 Å². The molecular formula is C34H56N2. The van der Waals surface area contributed by atoms with Gasteiger partial charge in [0.25, 0.3) is 0 Å². The lowest BCUT2D eigenvalue weighted by Crippen LogP contribution is -2.36. The van der Waals surface area contributed by atoms with Crippen LogP contribution in [0.5, 0.6) is 0 Å². The van der Waals surface area contributed by atoms with E-state index in [1.165, 1.54) is 57.8 Å². The molecule has 202 valence electrons. The van der Waals surface area contributed by atoms with E-state index in [1.807, 2.05) is 0 Å². The van der Waals surface area contributed by atoms with Crippen molar-refractivity contribution in [3.05, 3.63) is 59.2 Å². The van der Waals surface area contributed by atoms with Gasteiger partial charge in [-0.05, 0) is 73.3 Å². The molecule has 1 aliphatic heterocycles. The highest BCUT2D eigenvalue weighted by Crippen LogP contribution is 2.44. The third kappa shape index (κ3) is 5.89. The van der Waals surface area contributed by atoms with Crippen molar-refractivity contribution in [2.24, 2.45) is 35.5 Å². The molecule has 0 aromatic heterocycles. The fraction of sp³-hybridized carbons (Fsp3) is 0.706. The normalized spacial score (nSPS) is 23.4. The summed E-state index contributed by atoms with van der Waals surface area (Å²) in [6.07, 6.45) is 25.8. The molecule has 2 aliphatic carbocycles. The molecule has 1 unspecified atom stereocenters. The zero-order valence-corrected chi connectivity index (χ0v) is 24.9. The lowest BCUT2D eigenvalue weighted by Gasteiger charge is -2.40. The van der Waals surface area contributed by atoms with Gasteiger partial charge in [-0.25, -0.2) is 0 Å². The molecule has 1 heterocycles. The van der Waals surface area contributed by atoms with Crippen LogP contribution in [0.3, 0.4) is 0 Å². The molecule has 0 bridgehead atoms. The molecule has 3 aliphatic rings. The van der Waals surface area contributed by atoms with Gasteiger partial charge in [-0.2, -0.15) is 0 Å². The highest BCUT2D eigenvalue weighted by Gasteiger charge is 2.36. The summed E-state index contributed by atoms with van der Waals surface area (Å²) < 4.78 is 0. The minimum atomic E-state index is 0.619. The number of nitrogens with zero attached hydrogens (tertiary/aromatic N) is 2. The predicted octanol–water partition coefficient (Wildman–Crippen LogP) is 10.0. The van der Waals surface area contributed by atoms with E-state index in [0.717, 1.165) is 12.6 Å². The van der Waals surface area contributed by atoms with Gasteiger partial charge in [-0.1, -0.05) is 99.0 Å². The van der Waals surface area contributed by atoms with Crippen LogP contribution in [0.15, 0.2) is 59.2 Å². The Morgan fingerprint density at radius 1 is 0.639 bits per heavy atom. The van der Waals surface area contributed by atoms with Crippen molar-refractivity contribution >= 4 is 0 Å². The van der Waals surface area contributed by atoms with E-state index >= 15 is 0 Å². The van der Waals surface area contributed by atoms with Gasteiger partial charge in [-0.3, -0.25) is 0 Å². The van der Waals surface area contributed by atoms with Crippen molar-refractivity contribution < 1.29 is 0 Å². The van der Waals surface area contributed by atoms with Gasteiger partial charge in [0.1, 0.15) is 0 Å². The summed E-state index contributed by atoms with van der Waals surface area (Å²) in [4.78, 5) is 5.30. The number of hydrogen-bond acceptors (Lipinski definition) is 2. The second-order valence-corrected chi connectivity index (χ2v) is 11.5. The largest absolute Gasteiger partial charge is 0.331 e. The Bertz CT molecular complexity index is 844. The lowest BCUT2D eigenvalue weighted by atomic mass is 9.75. The van der Waals surface area contributed by atoms with Crippen molar-refractivity contribution in [3.8, 4) is 0 Å². The van der Waals surface area contributed by atoms with Crippen molar-refractivity contribution in [1.82, 2.24) is 9.80 Å². The van der Waals surface area contributed by atoms with Crippen molar-refractivity contribution in [1.29, 1.82) is 0 Å². The minimum absolute atomic E-state index is 0.619. The molecule has 3 rings (SSSR count). The maximum atomic E-state index is 2.66. The summed E-state index contributed by atoms with van der Waals surface area (Å²) in [5.74, 6) is 4.01. The fourth-order valence-electron chi connectivity index (χ4n) is 7.20. The van der Waals surface area contributed by atoms with Crippen LogP contribution in [0.2, 0.25) is 0 Å². The van der Waals surface area contributed by atoms with Crippen LogP contribution in [0, 0.1) is 35.5 Å². The topological polar surface area (TPSA) is 6.48 Å². The average molecular weight is 493 g/mol. The van der Waals surface area contributed by atoms with Gasteiger partial charge in [-0.15, -0.1) is 0 Å². The van der Waals surface area contributed by atoms with Crippen LogP contribution >= 0.6 is 0 Å². The Morgan fingerprint density at radius 3 is 1.50 bits per heavy atom. The van der Waals surface area contributed by atoms with E-state index in [-0.39, 0.29) is 0 Å². The van der Waals surface area contributed by atoms with Crippen molar-refractivity contribution in [2.45, 2.75) is 113 Å². The molecule has 0 radical (unpaired) electrons. The predicted molar refractivity (Wildman–Crippen MR) is 158 cm³/mol. The highest BCUT2D eigenvalue weighted by molar-refractivity contribution is 5.38. The highest BCUT2D eigenvalue weighted by atomic mass is 15.4. The Hall–Kier alpha value is -1.70. The smallest absolute Gasteiger partial charge is 0.0983 e. The third-order valence-electron chi connectivity index (χ3n) is 9.82. The first kappa shape index (κ1) is 28.9. The third-order valence-corrected chi connectivity index (χ3v) is 9.82. The summed E-state index contributed by atoms with van der Waals surface area (Å²) in [5, 5.41) is 0. The summed E-state index contributed by atoms with van der Waals surface area (Å²) in [6, 6.07) is 0. The summed E-state index contributed by atoms with van der Waals surface area (Å²) in [7, 11) is 0. The van der Waals surface area contributed by atoms with Crippen LogP contribution in [-0.4, -0.2) is 16.5 Å². The number of rotatable bonds is 13. The molecule has 0 N–H and O–H groups in total. The molecule has 2 nitrogen and oxygen atoms in total. The first-order valence-corrected chi connectivity index (χ1v) is 15.5. The molecule has 0 amide bonds.